The maximum absolute atomic E-state index is 11.0. The Morgan fingerprint density at radius 3 is 2.79 bits per heavy atom. The smallest absolute Gasteiger partial charge is 0.134 e. The van der Waals surface area contributed by atoms with Crippen LogP contribution in [0.2, 0.25) is 5.02 Å². The SMILES string of the molecule is CC(=O)Cc1cc(Cl)ccc1CC#N. The van der Waals surface area contributed by atoms with E-state index in [-0.39, 0.29) is 5.78 Å². The van der Waals surface area contributed by atoms with Crippen molar-refractivity contribution in [3.8, 4) is 6.07 Å². The Labute approximate surface area is 88.1 Å². The molecule has 0 aromatic heterocycles. The zero-order chi connectivity index (χ0) is 10.6. The van der Waals surface area contributed by atoms with E-state index in [0.717, 1.165) is 11.1 Å². The van der Waals surface area contributed by atoms with E-state index < -0.39 is 0 Å². The van der Waals surface area contributed by atoms with Crippen LogP contribution < -0.4 is 0 Å². The number of benzene rings is 1. The molecule has 0 radical (unpaired) electrons. The molecule has 2 nitrogen and oxygen atoms in total. The van der Waals surface area contributed by atoms with Gasteiger partial charge in [-0.3, -0.25) is 4.79 Å². The highest BCUT2D eigenvalue weighted by Crippen LogP contribution is 2.17. The van der Waals surface area contributed by atoms with Gasteiger partial charge in [0.05, 0.1) is 12.5 Å². The molecule has 1 aromatic carbocycles. The van der Waals surface area contributed by atoms with Crippen LogP contribution in [0.5, 0.6) is 0 Å². The molecule has 1 aromatic rings. The summed E-state index contributed by atoms with van der Waals surface area (Å²) in [4.78, 5) is 11.0. The Balaban J connectivity index is 3.03. The molecule has 3 heteroatoms. The molecule has 0 unspecified atom stereocenters. The minimum Gasteiger partial charge on any atom is -0.300 e. The normalized spacial score (nSPS) is 9.50. The first-order valence-electron chi connectivity index (χ1n) is 4.27. The molecule has 0 aliphatic heterocycles. The summed E-state index contributed by atoms with van der Waals surface area (Å²) in [6.45, 7) is 1.52. The Hall–Kier alpha value is -1.33. The Morgan fingerprint density at radius 1 is 1.50 bits per heavy atom. The lowest BCUT2D eigenvalue weighted by molar-refractivity contribution is -0.116. The number of carbonyl (C=O) groups excluding carboxylic acids is 1. The maximum atomic E-state index is 11.0. The summed E-state index contributed by atoms with van der Waals surface area (Å²) in [6, 6.07) is 7.34. The van der Waals surface area contributed by atoms with E-state index in [1.165, 1.54) is 6.92 Å². The summed E-state index contributed by atoms with van der Waals surface area (Å²) >= 11 is 5.81. The quantitative estimate of drug-likeness (QED) is 0.764. The molecule has 0 saturated heterocycles. The Morgan fingerprint density at radius 2 is 2.21 bits per heavy atom. The largest absolute Gasteiger partial charge is 0.300 e. The van der Waals surface area contributed by atoms with Crippen molar-refractivity contribution in [3.63, 3.8) is 0 Å². The van der Waals surface area contributed by atoms with Crippen molar-refractivity contribution in [1.82, 2.24) is 0 Å². The average Bonchev–Trinajstić information content (AvgIpc) is 2.09. The van der Waals surface area contributed by atoms with Crippen LogP contribution in [-0.2, 0) is 17.6 Å². The predicted molar refractivity (Wildman–Crippen MR) is 55.2 cm³/mol. The third kappa shape index (κ3) is 2.86. The lowest BCUT2D eigenvalue weighted by Gasteiger charge is -2.04. The van der Waals surface area contributed by atoms with Gasteiger partial charge in [-0.1, -0.05) is 17.7 Å². The molecule has 14 heavy (non-hydrogen) atoms. The molecule has 72 valence electrons. The van der Waals surface area contributed by atoms with Gasteiger partial charge in [-0.15, -0.1) is 0 Å². The van der Waals surface area contributed by atoms with Gasteiger partial charge in [0.15, 0.2) is 0 Å². The van der Waals surface area contributed by atoms with Crippen LogP contribution in [-0.4, -0.2) is 5.78 Å². The van der Waals surface area contributed by atoms with Gasteiger partial charge < -0.3 is 0 Å². The van der Waals surface area contributed by atoms with Gasteiger partial charge in [-0.25, -0.2) is 0 Å². The topological polar surface area (TPSA) is 40.9 Å². The lowest BCUT2D eigenvalue weighted by Crippen LogP contribution is -2.00. The predicted octanol–water partition coefficient (Wildman–Crippen LogP) is 2.54. The van der Waals surface area contributed by atoms with Crippen LogP contribution in [0.25, 0.3) is 0 Å². The van der Waals surface area contributed by atoms with Crippen molar-refractivity contribution in [2.24, 2.45) is 0 Å². The van der Waals surface area contributed by atoms with Gasteiger partial charge in [0.2, 0.25) is 0 Å². The van der Waals surface area contributed by atoms with Crippen LogP contribution >= 0.6 is 11.6 Å². The molecule has 0 fully saturated rings. The van der Waals surface area contributed by atoms with Gasteiger partial charge in [-0.05, 0) is 30.2 Å². The molecule has 0 saturated carbocycles. The van der Waals surface area contributed by atoms with Crippen molar-refractivity contribution in [3.05, 3.63) is 34.3 Å². The number of nitriles is 1. The molecule has 0 amide bonds. The summed E-state index contributed by atoms with van der Waals surface area (Å²) in [5.41, 5.74) is 1.73. The first-order valence-corrected chi connectivity index (χ1v) is 4.65. The van der Waals surface area contributed by atoms with Crippen molar-refractivity contribution in [2.45, 2.75) is 19.8 Å². The number of hydrogen-bond acceptors (Lipinski definition) is 2. The molecule has 0 aliphatic carbocycles. The molecule has 1 rings (SSSR count). The fourth-order valence-electron chi connectivity index (χ4n) is 1.28. The van der Waals surface area contributed by atoms with E-state index in [1.54, 1.807) is 18.2 Å². The second kappa shape index (κ2) is 4.78. The van der Waals surface area contributed by atoms with Gasteiger partial charge in [0.1, 0.15) is 5.78 Å². The van der Waals surface area contributed by atoms with Crippen molar-refractivity contribution in [2.75, 3.05) is 0 Å². The molecule has 0 heterocycles. The first kappa shape index (κ1) is 10.7. The minimum absolute atomic E-state index is 0.0754. The van der Waals surface area contributed by atoms with Crippen LogP contribution in [0.4, 0.5) is 0 Å². The molecule has 0 bridgehead atoms. The van der Waals surface area contributed by atoms with E-state index in [9.17, 15) is 4.79 Å². The molecule has 0 spiro atoms. The van der Waals surface area contributed by atoms with Gasteiger partial charge >= 0.3 is 0 Å². The molecular formula is C11H10ClNO. The van der Waals surface area contributed by atoms with Crippen molar-refractivity contribution in [1.29, 1.82) is 5.26 Å². The highest BCUT2D eigenvalue weighted by molar-refractivity contribution is 6.30. The average molecular weight is 208 g/mol. The number of hydrogen-bond donors (Lipinski definition) is 0. The number of halogens is 1. The second-order valence-corrected chi connectivity index (χ2v) is 3.56. The number of nitrogens with zero attached hydrogens (tertiary/aromatic N) is 1. The third-order valence-corrected chi connectivity index (χ3v) is 2.11. The molecule has 0 atom stereocenters. The van der Waals surface area contributed by atoms with Crippen LogP contribution in [0, 0.1) is 11.3 Å². The molecular weight excluding hydrogens is 198 g/mol. The van der Waals surface area contributed by atoms with Crippen LogP contribution in [0.15, 0.2) is 18.2 Å². The fraction of sp³-hybridized carbons (Fsp3) is 0.273. The number of carbonyl (C=O) groups is 1. The number of rotatable bonds is 3. The highest BCUT2D eigenvalue weighted by Gasteiger charge is 2.05. The van der Waals surface area contributed by atoms with Gasteiger partial charge in [-0.2, -0.15) is 5.26 Å². The molecule has 0 N–H and O–H groups in total. The third-order valence-electron chi connectivity index (χ3n) is 1.88. The summed E-state index contributed by atoms with van der Waals surface area (Å²) in [6.07, 6.45) is 0.664. The van der Waals surface area contributed by atoms with Crippen molar-refractivity contribution < 1.29 is 4.79 Å². The van der Waals surface area contributed by atoms with E-state index in [4.69, 9.17) is 16.9 Å². The van der Waals surface area contributed by atoms with E-state index in [0.29, 0.717) is 17.9 Å². The second-order valence-electron chi connectivity index (χ2n) is 3.13. The zero-order valence-corrected chi connectivity index (χ0v) is 8.64. The van der Waals surface area contributed by atoms with E-state index >= 15 is 0 Å². The maximum Gasteiger partial charge on any atom is 0.134 e. The number of Topliss-reactive ketones (excluding diaryl/α,β-unsaturated/α-hetero) is 1. The standard InChI is InChI=1S/C11H10ClNO/c1-8(14)6-10-7-11(12)3-2-9(10)4-5-13/h2-3,7H,4,6H2,1H3. The first-order chi connectivity index (χ1) is 6.63. The van der Waals surface area contributed by atoms with Crippen LogP contribution in [0.3, 0.4) is 0 Å². The summed E-state index contributed by atoms with van der Waals surface area (Å²) in [5.74, 6) is 0.0754. The Kier molecular flexibility index (Phi) is 3.67. The Bertz CT molecular complexity index is 393. The van der Waals surface area contributed by atoms with E-state index in [1.807, 2.05) is 0 Å². The highest BCUT2D eigenvalue weighted by atomic mass is 35.5. The number of ketones is 1. The van der Waals surface area contributed by atoms with Crippen LogP contribution in [0.1, 0.15) is 18.1 Å². The summed E-state index contributed by atoms with van der Waals surface area (Å²) < 4.78 is 0. The van der Waals surface area contributed by atoms with E-state index in [2.05, 4.69) is 6.07 Å². The fourth-order valence-corrected chi connectivity index (χ4v) is 1.48. The lowest BCUT2D eigenvalue weighted by atomic mass is 10.0. The van der Waals surface area contributed by atoms with Crippen molar-refractivity contribution >= 4 is 17.4 Å². The van der Waals surface area contributed by atoms with Gasteiger partial charge in [0, 0.05) is 11.4 Å². The summed E-state index contributed by atoms with van der Waals surface area (Å²) in [5, 5.41) is 9.18. The van der Waals surface area contributed by atoms with Gasteiger partial charge in [0.25, 0.3) is 0 Å². The monoisotopic (exact) mass is 207 g/mol. The summed E-state index contributed by atoms with van der Waals surface area (Å²) in [7, 11) is 0. The zero-order valence-electron chi connectivity index (χ0n) is 7.88. The molecule has 0 aliphatic rings. The minimum atomic E-state index is 0.0754.